The van der Waals surface area contributed by atoms with Gasteiger partial charge in [-0.1, -0.05) is 6.07 Å². The van der Waals surface area contributed by atoms with Crippen molar-refractivity contribution in [1.82, 2.24) is 10.2 Å². The molecule has 0 heterocycles. The number of amides is 1. The summed E-state index contributed by atoms with van der Waals surface area (Å²) in [6, 6.07) is 6.30. The Morgan fingerprint density at radius 1 is 1.36 bits per heavy atom. The Kier molecular flexibility index (Phi) is 8.73. The summed E-state index contributed by atoms with van der Waals surface area (Å²) in [5.41, 5.74) is 0.728. The minimum absolute atomic E-state index is 0.221. The zero-order chi connectivity index (χ0) is 19.0. The molecule has 0 aliphatic carbocycles. The van der Waals surface area contributed by atoms with Gasteiger partial charge >= 0.3 is 6.09 Å². The molecule has 0 saturated carbocycles. The maximum absolute atomic E-state index is 12.1. The first kappa shape index (κ1) is 21.8. The van der Waals surface area contributed by atoms with E-state index in [1.165, 1.54) is 5.56 Å². The lowest BCUT2D eigenvalue weighted by molar-refractivity contribution is 0.0258. The van der Waals surface area contributed by atoms with Crippen molar-refractivity contribution in [3.8, 4) is 5.75 Å². The van der Waals surface area contributed by atoms with Gasteiger partial charge in [0.05, 0.1) is 11.6 Å². The van der Waals surface area contributed by atoms with Crippen molar-refractivity contribution < 1.29 is 14.3 Å². The average molecular weight is 415 g/mol. The van der Waals surface area contributed by atoms with Crippen LogP contribution in [0.4, 0.5) is 4.79 Å². The molecule has 0 fully saturated rings. The molecule has 142 valence electrons. The van der Waals surface area contributed by atoms with Gasteiger partial charge in [0.15, 0.2) is 0 Å². The fourth-order valence-electron chi connectivity index (χ4n) is 2.36. The van der Waals surface area contributed by atoms with Gasteiger partial charge in [-0.3, -0.25) is 0 Å². The molecule has 0 aliphatic heterocycles. The van der Waals surface area contributed by atoms with Crippen molar-refractivity contribution in [2.24, 2.45) is 0 Å². The van der Waals surface area contributed by atoms with Crippen LogP contribution < -0.4 is 10.1 Å². The minimum Gasteiger partial charge on any atom is -0.496 e. The topological polar surface area (TPSA) is 50.8 Å². The second kappa shape index (κ2) is 10.0. The van der Waals surface area contributed by atoms with Gasteiger partial charge in [-0.2, -0.15) is 0 Å². The maximum atomic E-state index is 12.1. The van der Waals surface area contributed by atoms with Crippen molar-refractivity contribution in [2.75, 3.05) is 26.7 Å². The highest BCUT2D eigenvalue weighted by Gasteiger charge is 2.20. The van der Waals surface area contributed by atoms with Crippen LogP contribution in [-0.2, 0) is 4.74 Å². The number of ether oxygens (including phenoxy) is 2. The Bertz CT molecular complexity index is 558. The van der Waals surface area contributed by atoms with Crippen LogP contribution in [0.15, 0.2) is 22.7 Å². The standard InChI is InChI=1S/C19H31BrN2O3/c1-7-22(18(23)25-19(3,4)5)12-8-11-21-14(2)15-9-10-17(24-6)16(20)13-15/h9-10,13-14,21H,7-8,11-12H2,1-6H3. The highest BCUT2D eigenvalue weighted by Crippen LogP contribution is 2.27. The summed E-state index contributed by atoms with van der Waals surface area (Å²) in [4.78, 5) is 13.8. The first-order valence-electron chi connectivity index (χ1n) is 8.72. The van der Waals surface area contributed by atoms with Crippen LogP contribution in [0.3, 0.4) is 0 Å². The van der Waals surface area contributed by atoms with Gasteiger partial charge in [0.25, 0.3) is 0 Å². The Labute approximate surface area is 160 Å². The third-order valence-electron chi connectivity index (χ3n) is 3.76. The second-order valence-corrected chi connectivity index (χ2v) is 7.84. The molecule has 0 radical (unpaired) electrons. The maximum Gasteiger partial charge on any atom is 0.410 e. The number of halogens is 1. The van der Waals surface area contributed by atoms with Crippen LogP contribution in [0.25, 0.3) is 0 Å². The first-order chi connectivity index (χ1) is 11.7. The van der Waals surface area contributed by atoms with E-state index in [1.54, 1.807) is 12.0 Å². The summed E-state index contributed by atoms with van der Waals surface area (Å²) in [5.74, 6) is 0.826. The lowest BCUT2D eigenvalue weighted by atomic mass is 10.1. The molecule has 25 heavy (non-hydrogen) atoms. The molecular formula is C19H31BrN2O3. The molecule has 6 heteroatoms. The Balaban J connectivity index is 2.43. The third kappa shape index (κ3) is 7.65. The molecule has 1 aromatic carbocycles. The van der Waals surface area contributed by atoms with E-state index >= 15 is 0 Å². The van der Waals surface area contributed by atoms with E-state index in [4.69, 9.17) is 9.47 Å². The number of carbonyl (C=O) groups is 1. The Morgan fingerprint density at radius 2 is 2.04 bits per heavy atom. The van der Waals surface area contributed by atoms with Crippen LogP contribution in [0.1, 0.15) is 52.6 Å². The molecule has 0 bridgehead atoms. The van der Waals surface area contributed by atoms with Crippen molar-refractivity contribution >= 4 is 22.0 Å². The van der Waals surface area contributed by atoms with E-state index in [0.717, 1.165) is 23.2 Å². The summed E-state index contributed by atoms with van der Waals surface area (Å²) in [7, 11) is 1.66. The molecule has 1 unspecified atom stereocenters. The van der Waals surface area contributed by atoms with Gasteiger partial charge in [-0.15, -0.1) is 0 Å². The highest BCUT2D eigenvalue weighted by atomic mass is 79.9. The molecular weight excluding hydrogens is 384 g/mol. The highest BCUT2D eigenvalue weighted by molar-refractivity contribution is 9.10. The number of rotatable bonds is 8. The first-order valence-corrected chi connectivity index (χ1v) is 9.52. The number of hydrogen-bond donors (Lipinski definition) is 1. The minimum atomic E-state index is -0.459. The van der Waals surface area contributed by atoms with E-state index in [9.17, 15) is 4.79 Å². The van der Waals surface area contributed by atoms with Crippen molar-refractivity contribution in [2.45, 2.75) is 52.7 Å². The quantitative estimate of drug-likeness (QED) is 0.623. The number of nitrogens with zero attached hydrogens (tertiary/aromatic N) is 1. The molecule has 1 atom stereocenters. The van der Waals surface area contributed by atoms with E-state index in [1.807, 2.05) is 33.8 Å². The van der Waals surface area contributed by atoms with E-state index in [0.29, 0.717) is 13.1 Å². The smallest absolute Gasteiger partial charge is 0.410 e. The number of benzene rings is 1. The van der Waals surface area contributed by atoms with E-state index in [-0.39, 0.29) is 12.1 Å². The molecule has 0 aliphatic rings. The van der Waals surface area contributed by atoms with E-state index < -0.39 is 5.60 Å². The Morgan fingerprint density at radius 3 is 2.56 bits per heavy atom. The fourth-order valence-corrected chi connectivity index (χ4v) is 2.92. The van der Waals surface area contributed by atoms with Crippen molar-refractivity contribution in [1.29, 1.82) is 0 Å². The van der Waals surface area contributed by atoms with Gasteiger partial charge in [-0.25, -0.2) is 4.79 Å². The summed E-state index contributed by atoms with van der Waals surface area (Å²) < 4.78 is 11.6. The molecule has 5 nitrogen and oxygen atoms in total. The van der Waals surface area contributed by atoms with Crippen molar-refractivity contribution in [3.05, 3.63) is 28.2 Å². The van der Waals surface area contributed by atoms with Crippen molar-refractivity contribution in [3.63, 3.8) is 0 Å². The van der Waals surface area contributed by atoms with E-state index in [2.05, 4.69) is 40.3 Å². The zero-order valence-electron chi connectivity index (χ0n) is 16.2. The third-order valence-corrected chi connectivity index (χ3v) is 4.38. The molecule has 1 rings (SSSR count). The number of carbonyl (C=O) groups excluding carboxylic acids is 1. The normalized spacial score (nSPS) is 12.6. The monoisotopic (exact) mass is 414 g/mol. The molecule has 0 aromatic heterocycles. The molecule has 1 amide bonds. The average Bonchev–Trinajstić information content (AvgIpc) is 2.52. The Hall–Kier alpha value is -1.27. The number of methoxy groups -OCH3 is 1. The summed E-state index contributed by atoms with van der Waals surface area (Å²) >= 11 is 3.51. The lowest BCUT2D eigenvalue weighted by Gasteiger charge is -2.26. The van der Waals surface area contributed by atoms with Gasteiger partial charge in [0.2, 0.25) is 0 Å². The lowest BCUT2D eigenvalue weighted by Crippen LogP contribution is -2.38. The largest absolute Gasteiger partial charge is 0.496 e. The molecule has 0 spiro atoms. The zero-order valence-corrected chi connectivity index (χ0v) is 17.8. The van der Waals surface area contributed by atoms with Gasteiger partial charge in [0, 0.05) is 19.1 Å². The predicted molar refractivity (Wildman–Crippen MR) is 105 cm³/mol. The predicted octanol–water partition coefficient (Wildman–Crippen LogP) is 4.76. The second-order valence-electron chi connectivity index (χ2n) is 6.98. The summed E-state index contributed by atoms with van der Waals surface area (Å²) in [5, 5.41) is 3.49. The molecule has 1 N–H and O–H groups in total. The van der Waals surface area contributed by atoms with Gasteiger partial charge < -0.3 is 19.7 Å². The molecule has 1 aromatic rings. The van der Waals surface area contributed by atoms with Gasteiger partial charge in [0.1, 0.15) is 11.4 Å². The van der Waals surface area contributed by atoms with Gasteiger partial charge in [-0.05, 0) is 81.2 Å². The number of nitrogens with one attached hydrogen (secondary N) is 1. The fraction of sp³-hybridized carbons (Fsp3) is 0.632. The van der Waals surface area contributed by atoms with Crippen LogP contribution in [0.2, 0.25) is 0 Å². The SMILES string of the molecule is CCN(CCCNC(C)c1ccc(OC)c(Br)c1)C(=O)OC(C)(C)C. The van der Waals surface area contributed by atoms with Crippen LogP contribution >= 0.6 is 15.9 Å². The summed E-state index contributed by atoms with van der Waals surface area (Å²) in [6.07, 6.45) is 0.622. The molecule has 0 saturated heterocycles. The van der Waals surface area contributed by atoms with Crippen LogP contribution in [-0.4, -0.2) is 43.3 Å². The van der Waals surface area contributed by atoms with Crippen LogP contribution in [0.5, 0.6) is 5.75 Å². The summed E-state index contributed by atoms with van der Waals surface area (Å²) in [6.45, 7) is 11.9. The van der Waals surface area contributed by atoms with Crippen LogP contribution in [0, 0.1) is 0 Å². The number of hydrogen-bond acceptors (Lipinski definition) is 4.